The van der Waals surface area contributed by atoms with Gasteiger partial charge < -0.3 is 14.2 Å². The van der Waals surface area contributed by atoms with Gasteiger partial charge in [-0.3, -0.25) is 14.3 Å². The van der Waals surface area contributed by atoms with Gasteiger partial charge in [0.25, 0.3) is 0 Å². The Kier molecular flexibility index (Phi) is 9.68. The Hall–Kier alpha value is -2.71. The summed E-state index contributed by atoms with van der Waals surface area (Å²) in [5, 5.41) is 7.57. The summed E-state index contributed by atoms with van der Waals surface area (Å²) in [7, 11) is -1.00. The zero-order valence-corrected chi connectivity index (χ0v) is 22.3. The Morgan fingerprint density at radius 3 is 2.25 bits per heavy atom. The molecule has 3 aromatic rings. The molecule has 14 heteroatoms. The van der Waals surface area contributed by atoms with Gasteiger partial charge in [-0.25, -0.2) is 18.4 Å². The first-order valence-electron chi connectivity index (χ1n) is 11.2. The fourth-order valence-electron chi connectivity index (χ4n) is 3.49. The molecule has 0 saturated carbocycles. The van der Waals surface area contributed by atoms with E-state index in [0.29, 0.717) is 16.5 Å². The van der Waals surface area contributed by atoms with Gasteiger partial charge >= 0.3 is 0 Å². The Morgan fingerprint density at radius 2 is 1.69 bits per heavy atom. The minimum absolute atomic E-state index is 0.0121. The molecule has 196 valence electrons. The van der Waals surface area contributed by atoms with Crippen molar-refractivity contribution in [1.82, 2.24) is 29.7 Å². The molecule has 0 saturated heterocycles. The highest BCUT2D eigenvalue weighted by atomic mass is 35.5. The SMILES string of the molecule is COCC(COC)n1c(NS(=O)(=O)C(C)C(OC(C)C)c2ncc(Cl)cn2)nnc1-c1ccccn1. The van der Waals surface area contributed by atoms with E-state index >= 15 is 0 Å². The molecule has 0 bridgehead atoms. The van der Waals surface area contributed by atoms with Crippen molar-refractivity contribution in [3.8, 4) is 11.5 Å². The van der Waals surface area contributed by atoms with Gasteiger partial charge in [0.15, 0.2) is 11.6 Å². The molecule has 3 aromatic heterocycles. The molecule has 2 atom stereocenters. The van der Waals surface area contributed by atoms with Gasteiger partial charge in [0.2, 0.25) is 16.0 Å². The first-order chi connectivity index (χ1) is 17.2. The second-order valence-electron chi connectivity index (χ2n) is 8.21. The van der Waals surface area contributed by atoms with Gasteiger partial charge in [-0.2, -0.15) is 0 Å². The van der Waals surface area contributed by atoms with E-state index in [2.05, 4.69) is 29.9 Å². The quantitative estimate of drug-likeness (QED) is 0.344. The van der Waals surface area contributed by atoms with Crippen LogP contribution in [0.15, 0.2) is 36.8 Å². The van der Waals surface area contributed by atoms with Crippen LogP contribution in [0.2, 0.25) is 5.02 Å². The Bertz CT molecular complexity index is 1200. The van der Waals surface area contributed by atoms with Crippen molar-refractivity contribution in [2.24, 2.45) is 0 Å². The van der Waals surface area contributed by atoms with Gasteiger partial charge in [-0.15, -0.1) is 10.2 Å². The molecule has 0 radical (unpaired) electrons. The van der Waals surface area contributed by atoms with Crippen LogP contribution in [0.3, 0.4) is 0 Å². The fraction of sp³-hybridized carbons (Fsp3) is 0.500. The summed E-state index contributed by atoms with van der Waals surface area (Å²) in [5.74, 6) is 0.538. The Labute approximate surface area is 215 Å². The number of anilines is 1. The van der Waals surface area contributed by atoms with Crippen molar-refractivity contribution in [1.29, 1.82) is 0 Å². The lowest BCUT2D eigenvalue weighted by Gasteiger charge is -2.26. The second kappa shape index (κ2) is 12.5. The van der Waals surface area contributed by atoms with Crippen LogP contribution >= 0.6 is 11.6 Å². The Balaban J connectivity index is 2.02. The number of halogens is 1. The van der Waals surface area contributed by atoms with Crippen molar-refractivity contribution < 1.29 is 22.6 Å². The van der Waals surface area contributed by atoms with E-state index in [1.54, 1.807) is 57.0 Å². The van der Waals surface area contributed by atoms with Crippen LogP contribution in [0.4, 0.5) is 5.95 Å². The summed E-state index contributed by atoms with van der Waals surface area (Å²) in [6.07, 6.45) is 3.13. The molecule has 0 fully saturated rings. The van der Waals surface area contributed by atoms with Gasteiger partial charge in [0.1, 0.15) is 17.0 Å². The van der Waals surface area contributed by atoms with E-state index in [1.807, 2.05) is 0 Å². The number of sulfonamides is 1. The number of rotatable bonds is 13. The molecule has 36 heavy (non-hydrogen) atoms. The van der Waals surface area contributed by atoms with E-state index in [9.17, 15) is 8.42 Å². The maximum Gasteiger partial charge on any atom is 0.240 e. The molecule has 3 rings (SSSR count). The molecule has 0 aliphatic heterocycles. The zero-order valence-electron chi connectivity index (χ0n) is 20.7. The van der Waals surface area contributed by atoms with Gasteiger partial charge in [-0.1, -0.05) is 17.7 Å². The summed E-state index contributed by atoms with van der Waals surface area (Å²) >= 11 is 5.91. The number of pyridine rings is 1. The minimum Gasteiger partial charge on any atom is -0.382 e. The van der Waals surface area contributed by atoms with Crippen LogP contribution in [0, 0.1) is 0 Å². The average molecular weight is 540 g/mol. The van der Waals surface area contributed by atoms with E-state index in [1.165, 1.54) is 19.3 Å². The number of hydrogen-bond acceptors (Lipinski definition) is 10. The zero-order chi connectivity index (χ0) is 26.3. The summed E-state index contributed by atoms with van der Waals surface area (Å²) < 4.78 is 47.9. The molecular formula is C22H30ClN7O5S. The van der Waals surface area contributed by atoms with Crippen molar-refractivity contribution >= 4 is 27.6 Å². The van der Waals surface area contributed by atoms with E-state index < -0.39 is 27.4 Å². The third kappa shape index (κ3) is 6.73. The summed E-state index contributed by atoms with van der Waals surface area (Å²) in [5.41, 5.74) is 0.510. The number of nitrogens with one attached hydrogen (secondary N) is 1. The highest BCUT2D eigenvalue weighted by Gasteiger charge is 2.36. The molecule has 2 unspecified atom stereocenters. The first-order valence-corrected chi connectivity index (χ1v) is 13.1. The maximum atomic E-state index is 13.6. The van der Waals surface area contributed by atoms with E-state index in [-0.39, 0.29) is 31.1 Å². The lowest BCUT2D eigenvalue weighted by Crippen LogP contribution is -2.35. The summed E-state index contributed by atoms with van der Waals surface area (Å²) in [6.45, 7) is 5.54. The van der Waals surface area contributed by atoms with Crippen LogP contribution in [0.1, 0.15) is 38.7 Å². The molecule has 0 aliphatic carbocycles. The molecule has 0 aromatic carbocycles. The largest absolute Gasteiger partial charge is 0.382 e. The third-order valence-electron chi connectivity index (χ3n) is 5.14. The van der Waals surface area contributed by atoms with Crippen LogP contribution in [-0.4, -0.2) is 76.9 Å². The highest BCUT2D eigenvalue weighted by Crippen LogP contribution is 2.29. The lowest BCUT2D eigenvalue weighted by atomic mass is 10.2. The van der Waals surface area contributed by atoms with Crippen LogP contribution in [-0.2, 0) is 24.2 Å². The van der Waals surface area contributed by atoms with Crippen LogP contribution in [0.5, 0.6) is 0 Å². The highest BCUT2D eigenvalue weighted by molar-refractivity contribution is 7.93. The van der Waals surface area contributed by atoms with E-state index in [4.69, 9.17) is 25.8 Å². The lowest BCUT2D eigenvalue weighted by molar-refractivity contribution is 0.00154. The van der Waals surface area contributed by atoms with Crippen molar-refractivity contribution in [2.75, 3.05) is 32.2 Å². The van der Waals surface area contributed by atoms with E-state index in [0.717, 1.165) is 0 Å². The maximum absolute atomic E-state index is 13.6. The third-order valence-corrected chi connectivity index (χ3v) is 7.02. The number of hydrogen-bond donors (Lipinski definition) is 1. The minimum atomic E-state index is -4.08. The molecule has 0 aliphatic rings. The van der Waals surface area contributed by atoms with Crippen LogP contribution < -0.4 is 4.72 Å². The predicted octanol–water partition coefficient (Wildman–Crippen LogP) is 2.91. The monoisotopic (exact) mass is 539 g/mol. The molecule has 1 N–H and O–H groups in total. The summed E-state index contributed by atoms with van der Waals surface area (Å²) in [6, 6.07) is 4.88. The van der Waals surface area contributed by atoms with Crippen molar-refractivity contribution in [3.63, 3.8) is 0 Å². The molecule has 0 spiro atoms. The first kappa shape index (κ1) is 27.9. The predicted molar refractivity (Wildman–Crippen MR) is 134 cm³/mol. The normalized spacial score (nSPS) is 13.8. The van der Waals surface area contributed by atoms with Crippen molar-refractivity contribution in [2.45, 2.75) is 44.3 Å². The fourth-order valence-corrected chi connectivity index (χ4v) is 4.67. The number of ether oxygens (including phenoxy) is 3. The van der Waals surface area contributed by atoms with Gasteiger partial charge in [0, 0.05) is 32.8 Å². The molecule has 12 nitrogen and oxygen atoms in total. The topological polar surface area (TPSA) is 143 Å². The standard InChI is InChI=1S/C22H30ClN7O5S/c1-14(2)35-19(20-25-10-16(23)11-26-20)15(3)36(31,32)29-22-28-27-21(18-8-6-7-9-24-18)30(22)17(12-33-4)13-34-5/h6-11,14-15,17,19H,12-13H2,1-5H3,(H,28,29). The second-order valence-corrected chi connectivity index (χ2v) is 10.7. The number of methoxy groups -OCH3 is 2. The molecular weight excluding hydrogens is 510 g/mol. The number of nitrogens with zero attached hydrogens (tertiary/aromatic N) is 6. The smallest absolute Gasteiger partial charge is 0.240 e. The number of aromatic nitrogens is 6. The summed E-state index contributed by atoms with van der Waals surface area (Å²) in [4.78, 5) is 12.7. The van der Waals surface area contributed by atoms with Crippen LogP contribution in [0.25, 0.3) is 11.5 Å². The average Bonchev–Trinajstić information content (AvgIpc) is 3.25. The van der Waals surface area contributed by atoms with Gasteiger partial charge in [-0.05, 0) is 32.9 Å². The van der Waals surface area contributed by atoms with Crippen molar-refractivity contribution in [3.05, 3.63) is 47.6 Å². The molecule has 3 heterocycles. The molecule has 0 amide bonds. The van der Waals surface area contributed by atoms with Gasteiger partial charge in [0.05, 0.1) is 30.4 Å². The Morgan fingerprint density at radius 1 is 1.03 bits per heavy atom.